The first kappa shape index (κ1) is 11.5. The summed E-state index contributed by atoms with van der Waals surface area (Å²) in [5, 5.41) is 0. The lowest BCUT2D eigenvalue weighted by Crippen LogP contribution is -1.90. The smallest absolute Gasteiger partial charge is 0.0958 e. The number of nitrogens with zero attached hydrogens (tertiary/aromatic N) is 2. The molecular weight excluding hydrogens is 332 g/mol. The topological polar surface area (TPSA) is 25.8 Å². The quantitative estimate of drug-likeness (QED) is 0.814. The molecule has 2 nitrogen and oxygen atoms in total. The molecule has 4 heteroatoms. The highest BCUT2D eigenvalue weighted by atomic mass is 79.9. The summed E-state index contributed by atoms with van der Waals surface area (Å²) >= 11 is 6.74. The number of halogens is 2. The van der Waals surface area contributed by atoms with Crippen LogP contribution >= 0.6 is 31.9 Å². The first-order valence-electron chi connectivity index (χ1n) is 4.60. The van der Waals surface area contributed by atoms with Crippen molar-refractivity contribution in [3.05, 3.63) is 51.7 Å². The van der Waals surface area contributed by atoms with Gasteiger partial charge in [0.25, 0.3) is 0 Å². The average Bonchev–Trinajstić information content (AvgIpc) is 2.30. The minimum absolute atomic E-state index is 0.839. The Morgan fingerprint density at radius 2 is 1.81 bits per heavy atom. The van der Waals surface area contributed by atoms with Gasteiger partial charge in [-0.15, -0.1) is 0 Å². The Morgan fingerprint density at radius 3 is 2.44 bits per heavy atom. The third-order valence-corrected chi connectivity index (χ3v) is 2.98. The molecule has 0 aliphatic heterocycles. The molecule has 2 aromatic rings. The van der Waals surface area contributed by atoms with Gasteiger partial charge in [0.15, 0.2) is 0 Å². The molecular formula is C12H8Br2N2. The fraction of sp³-hybridized carbons (Fsp3) is 0. The fourth-order valence-corrected chi connectivity index (χ4v) is 1.92. The zero-order valence-corrected chi connectivity index (χ0v) is 11.5. The van der Waals surface area contributed by atoms with E-state index in [1.54, 1.807) is 18.5 Å². The molecule has 2 heterocycles. The second-order valence-electron chi connectivity index (χ2n) is 3.16. The van der Waals surface area contributed by atoms with Gasteiger partial charge in [-0.3, -0.25) is 9.97 Å². The van der Waals surface area contributed by atoms with Crippen LogP contribution < -0.4 is 0 Å². The van der Waals surface area contributed by atoms with E-state index in [4.69, 9.17) is 0 Å². The molecule has 0 unspecified atom stereocenters. The lowest BCUT2D eigenvalue weighted by Gasteiger charge is -2.04. The minimum atomic E-state index is 0.839. The summed E-state index contributed by atoms with van der Waals surface area (Å²) in [4.78, 5) is 8.67. The van der Waals surface area contributed by atoms with E-state index in [-0.39, 0.29) is 0 Å². The van der Waals surface area contributed by atoms with Crippen LogP contribution in [0.5, 0.6) is 0 Å². The van der Waals surface area contributed by atoms with Crippen LogP contribution in [0, 0.1) is 0 Å². The van der Waals surface area contributed by atoms with Crippen molar-refractivity contribution < 1.29 is 0 Å². The first-order chi connectivity index (χ1) is 7.70. The SMILES string of the molecule is C=Cc1cc(Br)cnc1-c1ccc(Br)cn1. The molecule has 2 rings (SSSR count). The van der Waals surface area contributed by atoms with E-state index in [1.807, 2.05) is 18.2 Å². The molecule has 0 aliphatic rings. The van der Waals surface area contributed by atoms with Crippen molar-refractivity contribution in [1.82, 2.24) is 9.97 Å². The second-order valence-corrected chi connectivity index (χ2v) is 4.99. The Labute approximate surface area is 111 Å². The third kappa shape index (κ3) is 2.39. The van der Waals surface area contributed by atoms with Crippen molar-refractivity contribution in [2.24, 2.45) is 0 Å². The Balaban J connectivity index is 2.55. The molecule has 16 heavy (non-hydrogen) atoms. The van der Waals surface area contributed by atoms with Gasteiger partial charge in [0, 0.05) is 26.9 Å². The van der Waals surface area contributed by atoms with Crippen LogP contribution in [-0.2, 0) is 0 Å². The molecule has 0 radical (unpaired) electrons. The Kier molecular flexibility index (Phi) is 3.51. The summed E-state index contributed by atoms with van der Waals surface area (Å²) in [5.74, 6) is 0. The maximum atomic E-state index is 4.35. The Hall–Kier alpha value is -1.00. The van der Waals surface area contributed by atoms with Gasteiger partial charge in [-0.25, -0.2) is 0 Å². The van der Waals surface area contributed by atoms with E-state index in [0.29, 0.717) is 0 Å². The van der Waals surface area contributed by atoms with E-state index in [2.05, 4.69) is 48.4 Å². The van der Waals surface area contributed by atoms with E-state index in [1.165, 1.54) is 0 Å². The van der Waals surface area contributed by atoms with Crippen LogP contribution in [0.2, 0.25) is 0 Å². The molecule has 0 saturated carbocycles. The molecule has 0 N–H and O–H groups in total. The number of aromatic nitrogens is 2. The molecule has 0 spiro atoms. The molecule has 80 valence electrons. The standard InChI is InChI=1S/C12H8Br2N2/c1-2-8-5-10(14)7-16-12(8)11-4-3-9(13)6-15-11/h2-7H,1H2. The number of rotatable bonds is 2. The van der Waals surface area contributed by atoms with E-state index < -0.39 is 0 Å². The van der Waals surface area contributed by atoms with Crippen molar-refractivity contribution in [3.8, 4) is 11.4 Å². The highest BCUT2D eigenvalue weighted by molar-refractivity contribution is 9.10. The van der Waals surface area contributed by atoms with Crippen LogP contribution in [0.3, 0.4) is 0 Å². The van der Waals surface area contributed by atoms with Crippen molar-refractivity contribution in [2.45, 2.75) is 0 Å². The van der Waals surface area contributed by atoms with Crippen molar-refractivity contribution in [3.63, 3.8) is 0 Å². The maximum Gasteiger partial charge on any atom is 0.0958 e. The summed E-state index contributed by atoms with van der Waals surface area (Å²) in [5.41, 5.74) is 2.64. The highest BCUT2D eigenvalue weighted by Gasteiger charge is 2.06. The number of pyridine rings is 2. The predicted molar refractivity (Wildman–Crippen MR) is 73.0 cm³/mol. The van der Waals surface area contributed by atoms with Gasteiger partial charge in [0.1, 0.15) is 0 Å². The normalized spacial score (nSPS) is 10.1. The molecule has 2 aromatic heterocycles. The van der Waals surface area contributed by atoms with Gasteiger partial charge < -0.3 is 0 Å². The Morgan fingerprint density at radius 1 is 1.06 bits per heavy atom. The van der Waals surface area contributed by atoms with E-state index in [0.717, 1.165) is 25.9 Å². The lowest BCUT2D eigenvalue weighted by atomic mass is 10.1. The van der Waals surface area contributed by atoms with E-state index >= 15 is 0 Å². The fourth-order valence-electron chi connectivity index (χ4n) is 1.34. The summed E-state index contributed by atoms with van der Waals surface area (Å²) in [6.07, 6.45) is 5.29. The Bertz CT molecular complexity index is 521. The summed E-state index contributed by atoms with van der Waals surface area (Å²) in [6, 6.07) is 5.84. The van der Waals surface area contributed by atoms with Crippen LogP contribution in [0.4, 0.5) is 0 Å². The van der Waals surface area contributed by atoms with Crippen LogP contribution in [0.25, 0.3) is 17.5 Å². The van der Waals surface area contributed by atoms with Crippen LogP contribution in [0.1, 0.15) is 5.56 Å². The monoisotopic (exact) mass is 338 g/mol. The van der Waals surface area contributed by atoms with Gasteiger partial charge in [0.2, 0.25) is 0 Å². The van der Waals surface area contributed by atoms with E-state index in [9.17, 15) is 0 Å². The van der Waals surface area contributed by atoms with Gasteiger partial charge in [0.05, 0.1) is 11.4 Å². The number of hydrogen-bond acceptors (Lipinski definition) is 2. The number of hydrogen-bond donors (Lipinski definition) is 0. The molecule has 0 amide bonds. The molecule has 0 aromatic carbocycles. The van der Waals surface area contributed by atoms with Crippen molar-refractivity contribution in [2.75, 3.05) is 0 Å². The predicted octanol–water partition coefficient (Wildman–Crippen LogP) is 4.31. The third-order valence-electron chi connectivity index (χ3n) is 2.07. The zero-order valence-electron chi connectivity index (χ0n) is 8.32. The summed E-state index contributed by atoms with van der Waals surface area (Å²) in [7, 11) is 0. The van der Waals surface area contributed by atoms with Crippen molar-refractivity contribution in [1.29, 1.82) is 0 Å². The molecule has 0 saturated heterocycles. The van der Waals surface area contributed by atoms with Crippen LogP contribution in [-0.4, -0.2) is 9.97 Å². The highest BCUT2D eigenvalue weighted by Crippen LogP contribution is 2.24. The molecule has 0 aliphatic carbocycles. The first-order valence-corrected chi connectivity index (χ1v) is 6.19. The summed E-state index contributed by atoms with van der Waals surface area (Å²) < 4.78 is 1.89. The summed E-state index contributed by atoms with van der Waals surface area (Å²) in [6.45, 7) is 3.78. The van der Waals surface area contributed by atoms with Gasteiger partial charge >= 0.3 is 0 Å². The minimum Gasteiger partial charge on any atom is -0.253 e. The van der Waals surface area contributed by atoms with Crippen LogP contribution in [0.15, 0.2) is 46.1 Å². The molecule has 0 bridgehead atoms. The zero-order chi connectivity index (χ0) is 11.5. The van der Waals surface area contributed by atoms with Gasteiger partial charge in [-0.1, -0.05) is 12.7 Å². The largest absolute Gasteiger partial charge is 0.253 e. The molecule has 0 fully saturated rings. The average molecular weight is 340 g/mol. The lowest BCUT2D eigenvalue weighted by molar-refractivity contribution is 1.22. The van der Waals surface area contributed by atoms with Crippen molar-refractivity contribution >= 4 is 37.9 Å². The van der Waals surface area contributed by atoms with Gasteiger partial charge in [-0.2, -0.15) is 0 Å². The second kappa shape index (κ2) is 4.89. The maximum absolute atomic E-state index is 4.35. The molecule has 0 atom stereocenters. The van der Waals surface area contributed by atoms with Gasteiger partial charge in [-0.05, 0) is 50.1 Å².